The van der Waals surface area contributed by atoms with E-state index in [4.69, 9.17) is 0 Å². The first-order valence-electron chi connectivity index (χ1n) is 8.74. The molecule has 0 radical (unpaired) electrons. The third-order valence-corrected chi connectivity index (χ3v) is 5.57. The maximum atomic E-state index is 3.86. The van der Waals surface area contributed by atoms with Crippen LogP contribution in [0.3, 0.4) is 0 Å². The fourth-order valence-corrected chi connectivity index (χ4v) is 3.75. The SMILES string of the molecule is CCCCCCN1CC(C2CC2)NCC1(CC)CC. The van der Waals surface area contributed by atoms with Gasteiger partial charge in [-0.3, -0.25) is 4.90 Å². The summed E-state index contributed by atoms with van der Waals surface area (Å²) >= 11 is 0. The number of hydrogen-bond donors (Lipinski definition) is 1. The van der Waals surface area contributed by atoms with Crippen molar-refractivity contribution in [1.29, 1.82) is 0 Å². The highest BCUT2D eigenvalue weighted by molar-refractivity contribution is 5.01. The van der Waals surface area contributed by atoms with Crippen molar-refractivity contribution in [1.82, 2.24) is 10.2 Å². The number of unbranched alkanes of at least 4 members (excludes halogenated alkanes) is 3. The fourth-order valence-electron chi connectivity index (χ4n) is 3.75. The van der Waals surface area contributed by atoms with Crippen LogP contribution in [-0.2, 0) is 0 Å². The molecule has 0 spiro atoms. The Bertz CT molecular complexity index is 256. The average molecular weight is 266 g/mol. The Kier molecular flexibility index (Phi) is 5.70. The summed E-state index contributed by atoms with van der Waals surface area (Å²) in [6.45, 7) is 10.9. The van der Waals surface area contributed by atoms with Gasteiger partial charge < -0.3 is 5.32 Å². The Hall–Kier alpha value is -0.0800. The molecule has 1 N–H and O–H groups in total. The zero-order valence-electron chi connectivity index (χ0n) is 13.4. The molecule has 0 aromatic carbocycles. The summed E-state index contributed by atoms with van der Waals surface area (Å²) in [5.41, 5.74) is 0.442. The Morgan fingerprint density at radius 3 is 2.37 bits per heavy atom. The van der Waals surface area contributed by atoms with Gasteiger partial charge >= 0.3 is 0 Å². The Labute approximate surface area is 120 Å². The Balaban J connectivity index is 1.89. The normalized spacial score (nSPS) is 27.6. The van der Waals surface area contributed by atoms with Gasteiger partial charge in [0, 0.05) is 24.7 Å². The van der Waals surface area contributed by atoms with Gasteiger partial charge in [-0.1, -0.05) is 40.0 Å². The smallest absolute Gasteiger partial charge is 0.0329 e. The minimum Gasteiger partial charge on any atom is -0.311 e. The lowest BCUT2D eigenvalue weighted by Crippen LogP contribution is -2.64. The van der Waals surface area contributed by atoms with Gasteiger partial charge in [-0.2, -0.15) is 0 Å². The van der Waals surface area contributed by atoms with Crippen molar-refractivity contribution in [3.8, 4) is 0 Å². The molecule has 1 saturated heterocycles. The van der Waals surface area contributed by atoms with Gasteiger partial charge in [0.1, 0.15) is 0 Å². The van der Waals surface area contributed by atoms with Crippen LogP contribution in [0.25, 0.3) is 0 Å². The molecule has 0 aromatic heterocycles. The number of nitrogens with one attached hydrogen (secondary N) is 1. The topological polar surface area (TPSA) is 15.3 Å². The van der Waals surface area contributed by atoms with Crippen molar-refractivity contribution in [3.63, 3.8) is 0 Å². The van der Waals surface area contributed by atoms with Gasteiger partial charge in [0.25, 0.3) is 0 Å². The summed E-state index contributed by atoms with van der Waals surface area (Å²) in [7, 11) is 0. The molecule has 0 bridgehead atoms. The van der Waals surface area contributed by atoms with Crippen LogP contribution in [0.5, 0.6) is 0 Å². The summed E-state index contributed by atoms with van der Waals surface area (Å²) in [6, 6.07) is 0.789. The first-order valence-corrected chi connectivity index (χ1v) is 8.74. The fraction of sp³-hybridized carbons (Fsp3) is 1.00. The molecule has 2 nitrogen and oxygen atoms in total. The largest absolute Gasteiger partial charge is 0.311 e. The number of nitrogens with zero attached hydrogens (tertiary/aromatic N) is 1. The molecule has 2 heteroatoms. The second kappa shape index (κ2) is 7.08. The Morgan fingerprint density at radius 2 is 1.79 bits per heavy atom. The molecule has 1 aliphatic carbocycles. The van der Waals surface area contributed by atoms with Crippen molar-refractivity contribution in [2.75, 3.05) is 19.6 Å². The molecule has 2 aliphatic rings. The van der Waals surface area contributed by atoms with E-state index >= 15 is 0 Å². The van der Waals surface area contributed by atoms with Gasteiger partial charge in [0.05, 0.1) is 0 Å². The van der Waals surface area contributed by atoms with Gasteiger partial charge in [-0.25, -0.2) is 0 Å². The highest BCUT2D eigenvalue weighted by Crippen LogP contribution is 2.37. The zero-order valence-corrected chi connectivity index (χ0v) is 13.4. The standard InChI is InChI=1S/C17H34N2/c1-4-7-8-9-12-19-13-16(15-10-11-15)18-14-17(19,5-2)6-3/h15-16,18H,4-14H2,1-3H3. The van der Waals surface area contributed by atoms with Crippen LogP contribution in [0.2, 0.25) is 0 Å². The van der Waals surface area contributed by atoms with Crippen LogP contribution in [0.1, 0.15) is 72.1 Å². The van der Waals surface area contributed by atoms with E-state index in [1.807, 2.05) is 0 Å². The van der Waals surface area contributed by atoms with Crippen molar-refractivity contribution < 1.29 is 0 Å². The van der Waals surface area contributed by atoms with Crippen molar-refractivity contribution >= 4 is 0 Å². The van der Waals surface area contributed by atoms with Crippen LogP contribution >= 0.6 is 0 Å². The van der Waals surface area contributed by atoms with Crippen LogP contribution in [0.15, 0.2) is 0 Å². The van der Waals surface area contributed by atoms with E-state index < -0.39 is 0 Å². The van der Waals surface area contributed by atoms with Crippen LogP contribution < -0.4 is 5.32 Å². The monoisotopic (exact) mass is 266 g/mol. The van der Waals surface area contributed by atoms with E-state index in [-0.39, 0.29) is 0 Å². The molecule has 2 fully saturated rings. The molecule has 1 unspecified atom stereocenters. The van der Waals surface area contributed by atoms with E-state index in [0.29, 0.717) is 5.54 Å². The first-order chi connectivity index (χ1) is 9.25. The van der Waals surface area contributed by atoms with Crippen molar-refractivity contribution in [2.24, 2.45) is 5.92 Å². The molecule has 1 heterocycles. The Morgan fingerprint density at radius 1 is 1.05 bits per heavy atom. The summed E-state index contributed by atoms with van der Waals surface area (Å²) < 4.78 is 0. The number of hydrogen-bond acceptors (Lipinski definition) is 2. The van der Waals surface area contributed by atoms with Crippen LogP contribution in [0, 0.1) is 5.92 Å². The minimum absolute atomic E-state index is 0.442. The third kappa shape index (κ3) is 3.72. The minimum atomic E-state index is 0.442. The van der Waals surface area contributed by atoms with E-state index in [1.165, 1.54) is 71.0 Å². The highest BCUT2D eigenvalue weighted by atomic mass is 15.3. The lowest BCUT2D eigenvalue weighted by molar-refractivity contribution is 0.0259. The average Bonchev–Trinajstić information content (AvgIpc) is 3.28. The first kappa shape index (κ1) is 15.3. The second-order valence-electron chi connectivity index (χ2n) is 6.76. The maximum Gasteiger partial charge on any atom is 0.0329 e. The summed E-state index contributed by atoms with van der Waals surface area (Å²) in [6.07, 6.45) is 11.1. The van der Waals surface area contributed by atoms with Gasteiger partial charge in [0.2, 0.25) is 0 Å². The molecular weight excluding hydrogens is 232 g/mol. The summed E-state index contributed by atoms with van der Waals surface area (Å²) in [5.74, 6) is 0.991. The maximum absolute atomic E-state index is 3.86. The van der Waals surface area contributed by atoms with E-state index in [9.17, 15) is 0 Å². The van der Waals surface area contributed by atoms with Crippen molar-refractivity contribution in [2.45, 2.75) is 83.7 Å². The summed E-state index contributed by atoms with van der Waals surface area (Å²) in [5, 5.41) is 3.86. The zero-order chi connectivity index (χ0) is 13.7. The lowest BCUT2D eigenvalue weighted by Gasteiger charge is -2.50. The van der Waals surface area contributed by atoms with E-state index in [0.717, 1.165) is 12.0 Å². The lowest BCUT2D eigenvalue weighted by atomic mass is 9.86. The van der Waals surface area contributed by atoms with Crippen molar-refractivity contribution in [3.05, 3.63) is 0 Å². The number of rotatable bonds is 8. The molecule has 19 heavy (non-hydrogen) atoms. The van der Waals surface area contributed by atoms with Gasteiger partial charge in [-0.15, -0.1) is 0 Å². The predicted molar refractivity (Wildman–Crippen MR) is 83.5 cm³/mol. The second-order valence-corrected chi connectivity index (χ2v) is 6.76. The summed E-state index contributed by atoms with van der Waals surface area (Å²) in [4.78, 5) is 2.85. The van der Waals surface area contributed by atoms with E-state index in [2.05, 4.69) is 31.0 Å². The number of piperazine rings is 1. The molecule has 1 atom stereocenters. The molecule has 0 amide bonds. The molecular formula is C17H34N2. The van der Waals surface area contributed by atoms with Crippen LogP contribution in [-0.4, -0.2) is 36.1 Å². The highest BCUT2D eigenvalue weighted by Gasteiger charge is 2.42. The van der Waals surface area contributed by atoms with Crippen LogP contribution in [0.4, 0.5) is 0 Å². The van der Waals surface area contributed by atoms with Gasteiger partial charge in [0.15, 0.2) is 0 Å². The molecule has 0 aromatic rings. The molecule has 2 rings (SSSR count). The quantitative estimate of drug-likeness (QED) is 0.672. The predicted octanol–water partition coefficient (Wildman–Crippen LogP) is 3.81. The molecule has 1 saturated carbocycles. The van der Waals surface area contributed by atoms with Gasteiger partial charge in [-0.05, 0) is 44.6 Å². The van der Waals surface area contributed by atoms with E-state index in [1.54, 1.807) is 0 Å². The third-order valence-electron chi connectivity index (χ3n) is 5.57. The molecule has 1 aliphatic heterocycles. The molecule has 112 valence electrons.